The van der Waals surface area contributed by atoms with E-state index in [9.17, 15) is 13.2 Å². The summed E-state index contributed by atoms with van der Waals surface area (Å²) in [5.41, 5.74) is 0. The predicted octanol–water partition coefficient (Wildman–Crippen LogP) is 2.20. The Morgan fingerprint density at radius 2 is 2.05 bits per heavy atom. The molecule has 1 amide bonds. The third-order valence-electron chi connectivity index (χ3n) is 3.64. The molecule has 1 heterocycles. The normalized spacial score (nSPS) is 20.3. The third-order valence-corrected chi connectivity index (χ3v) is 6.40. The van der Waals surface area contributed by atoms with Crippen LogP contribution in [0.3, 0.4) is 0 Å². The molecule has 0 aromatic heterocycles. The highest BCUT2D eigenvalue weighted by Gasteiger charge is 2.33. The molecule has 1 aliphatic heterocycles. The Balaban J connectivity index is 1.83. The molecule has 0 bridgehead atoms. The van der Waals surface area contributed by atoms with E-state index in [2.05, 4.69) is 0 Å². The Bertz CT molecular complexity index is 572. The highest BCUT2D eigenvalue weighted by atomic mass is 32.2. The minimum Gasteiger partial charge on any atom is -0.339 e. The van der Waals surface area contributed by atoms with Crippen LogP contribution in [0.4, 0.5) is 0 Å². The molecule has 1 aliphatic rings. The summed E-state index contributed by atoms with van der Waals surface area (Å²) in [6.45, 7) is 2.49. The molecule has 1 saturated heterocycles. The van der Waals surface area contributed by atoms with Crippen LogP contribution in [0.15, 0.2) is 35.2 Å². The van der Waals surface area contributed by atoms with Crippen LogP contribution in [0.5, 0.6) is 0 Å². The molecule has 21 heavy (non-hydrogen) atoms. The van der Waals surface area contributed by atoms with Crippen molar-refractivity contribution in [1.82, 2.24) is 4.90 Å². The monoisotopic (exact) mass is 327 g/mol. The molecule has 0 spiro atoms. The van der Waals surface area contributed by atoms with Gasteiger partial charge in [0.15, 0.2) is 9.84 Å². The van der Waals surface area contributed by atoms with Crippen LogP contribution in [0.2, 0.25) is 0 Å². The minimum absolute atomic E-state index is 0.0584. The van der Waals surface area contributed by atoms with Crippen molar-refractivity contribution in [2.45, 2.75) is 30.7 Å². The Labute approximate surface area is 130 Å². The lowest BCUT2D eigenvalue weighted by Crippen LogP contribution is -2.41. The quantitative estimate of drug-likeness (QED) is 0.752. The molecule has 1 aromatic carbocycles. The average Bonchev–Trinajstić information content (AvgIpc) is 2.81. The summed E-state index contributed by atoms with van der Waals surface area (Å²) in [6, 6.07) is 9.84. The highest BCUT2D eigenvalue weighted by molar-refractivity contribution is 7.99. The van der Waals surface area contributed by atoms with E-state index in [4.69, 9.17) is 0 Å². The van der Waals surface area contributed by atoms with Crippen LogP contribution in [0, 0.1) is 0 Å². The maximum Gasteiger partial charge on any atom is 0.223 e. The van der Waals surface area contributed by atoms with E-state index in [0.717, 1.165) is 10.6 Å². The van der Waals surface area contributed by atoms with Gasteiger partial charge in [0, 0.05) is 29.7 Å². The zero-order valence-corrected chi connectivity index (χ0v) is 13.8. The second-order valence-electron chi connectivity index (χ2n) is 5.15. The molecule has 0 radical (unpaired) electrons. The highest BCUT2D eigenvalue weighted by Crippen LogP contribution is 2.21. The maximum atomic E-state index is 12.3. The molecule has 2 rings (SSSR count). The summed E-state index contributed by atoms with van der Waals surface area (Å²) < 4.78 is 23.1. The Hall–Kier alpha value is -1.01. The second kappa shape index (κ2) is 7.31. The molecular weight excluding hydrogens is 306 g/mol. The first-order valence-electron chi connectivity index (χ1n) is 7.19. The summed E-state index contributed by atoms with van der Waals surface area (Å²) in [7, 11) is -2.95. The average molecular weight is 327 g/mol. The molecule has 0 aliphatic carbocycles. The summed E-state index contributed by atoms with van der Waals surface area (Å²) in [5.74, 6) is 1.11. The fourth-order valence-electron chi connectivity index (χ4n) is 2.58. The number of carbonyl (C=O) groups excluding carboxylic acids is 1. The van der Waals surface area contributed by atoms with Crippen molar-refractivity contribution >= 4 is 27.5 Å². The van der Waals surface area contributed by atoms with Gasteiger partial charge in [0.2, 0.25) is 5.91 Å². The van der Waals surface area contributed by atoms with E-state index in [-0.39, 0.29) is 23.5 Å². The number of thioether (sulfide) groups is 1. The first-order valence-corrected chi connectivity index (χ1v) is 10.0. The largest absolute Gasteiger partial charge is 0.339 e. The van der Waals surface area contributed by atoms with Crippen molar-refractivity contribution in [2.24, 2.45) is 0 Å². The van der Waals surface area contributed by atoms with Crippen LogP contribution >= 0.6 is 11.8 Å². The van der Waals surface area contributed by atoms with E-state index < -0.39 is 9.84 Å². The first kappa shape index (κ1) is 16.4. The van der Waals surface area contributed by atoms with Gasteiger partial charge in [-0.1, -0.05) is 18.2 Å². The number of rotatable bonds is 6. The van der Waals surface area contributed by atoms with Crippen molar-refractivity contribution in [1.29, 1.82) is 0 Å². The smallest absolute Gasteiger partial charge is 0.223 e. The summed E-state index contributed by atoms with van der Waals surface area (Å²) in [4.78, 5) is 15.2. The lowest BCUT2D eigenvalue weighted by molar-refractivity contribution is -0.132. The number of nitrogens with zero attached hydrogens (tertiary/aromatic N) is 1. The number of hydrogen-bond acceptors (Lipinski definition) is 4. The molecular formula is C15H21NO3S2. The van der Waals surface area contributed by atoms with Crippen LogP contribution in [-0.2, 0) is 14.6 Å². The summed E-state index contributed by atoms with van der Waals surface area (Å²) in [6.07, 6.45) is 1.03. The number of hydrogen-bond donors (Lipinski definition) is 0. The van der Waals surface area contributed by atoms with Gasteiger partial charge in [-0.05, 0) is 25.5 Å². The molecule has 6 heteroatoms. The van der Waals surface area contributed by atoms with Gasteiger partial charge in [-0.3, -0.25) is 4.79 Å². The van der Waals surface area contributed by atoms with Crippen LogP contribution in [-0.4, -0.2) is 49.1 Å². The zero-order valence-electron chi connectivity index (χ0n) is 12.2. The Morgan fingerprint density at radius 3 is 2.62 bits per heavy atom. The van der Waals surface area contributed by atoms with E-state index in [1.54, 1.807) is 16.7 Å². The lowest BCUT2D eigenvalue weighted by Gasteiger charge is -2.26. The SMILES string of the molecule is CCN(C(=O)CCSc1ccccc1)[C@H]1CCS(=O)(=O)C1. The third kappa shape index (κ3) is 4.74. The summed E-state index contributed by atoms with van der Waals surface area (Å²) >= 11 is 1.65. The van der Waals surface area contributed by atoms with Gasteiger partial charge < -0.3 is 4.90 Å². The second-order valence-corrected chi connectivity index (χ2v) is 8.55. The van der Waals surface area contributed by atoms with Crippen molar-refractivity contribution in [2.75, 3.05) is 23.8 Å². The molecule has 1 atom stereocenters. The van der Waals surface area contributed by atoms with Gasteiger partial charge in [0.05, 0.1) is 11.5 Å². The number of amides is 1. The fourth-order valence-corrected chi connectivity index (χ4v) is 5.17. The van der Waals surface area contributed by atoms with Gasteiger partial charge in [-0.15, -0.1) is 11.8 Å². The number of benzene rings is 1. The van der Waals surface area contributed by atoms with Crippen molar-refractivity contribution < 1.29 is 13.2 Å². The van der Waals surface area contributed by atoms with E-state index in [0.29, 0.717) is 19.4 Å². The molecule has 0 N–H and O–H groups in total. The molecule has 1 aromatic rings. The predicted molar refractivity (Wildman–Crippen MR) is 86.2 cm³/mol. The number of carbonyl (C=O) groups is 1. The fraction of sp³-hybridized carbons (Fsp3) is 0.533. The van der Waals surface area contributed by atoms with E-state index in [1.165, 1.54) is 0 Å². The molecule has 1 fully saturated rings. The summed E-state index contributed by atoms with van der Waals surface area (Å²) in [5, 5.41) is 0. The standard InChI is InChI=1S/C15H21NO3S2/c1-2-16(13-9-11-21(18,19)12-13)15(17)8-10-20-14-6-4-3-5-7-14/h3-7,13H,2,8-12H2,1H3/t13-/m0/s1. The lowest BCUT2D eigenvalue weighted by atomic mass is 10.2. The number of sulfone groups is 1. The van der Waals surface area contributed by atoms with Crippen LogP contribution < -0.4 is 0 Å². The van der Waals surface area contributed by atoms with E-state index >= 15 is 0 Å². The molecule has 0 unspecified atom stereocenters. The minimum atomic E-state index is -2.95. The van der Waals surface area contributed by atoms with Gasteiger partial charge in [-0.25, -0.2) is 8.42 Å². The molecule has 116 valence electrons. The zero-order chi connectivity index (χ0) is 15.3. The molecule has 4 nitrogen and oxygen atoms in total. The Morgan fingerprint density at radius 1 is 1.33 bits per heavy atom. The van der Waals surface area contributed by atoms with Gasteiger partial charge in [-0.2, -0.15) is 0 Å². The van der Waals surface area contributed by atoms with Gasteiger partial charge in [0.25, 0.3) is 0 Å². The molecule has 0 saturated carbocycles. The van der Waals surface area contributed by atoms with Crippen molar-refractivity contribution in [3.8, 4) is 0 Å². The first-order chi connectivity index (χ1) is 10.0. The van der Waals surface area contributed by atoms with Crippen LogP contribution in [0.25, 0.3) is 0 Å². The van der Waals surface area contributed by atoms with Gasteiger partial charge in [0.1, 0.15) is 0 Å². The van der Waals surface area contributed by atoms with E-state index in [1.807, 2.05) is 37.3 Å². The topological polar surface area (TPSA) is 54.5 Å². The Kier molecular flexibility index (Phi) is 5.70. The van der Waals surface area contributed by atoms with Crippen molar-refractivity contribution in [3.63, 3.8) is 0 Å². The van der Waals surface area contributed by atoms with Crippen molar-refractivity contribution in [3.05, 3.63) is 30.3 Å². The van der Waals surface area contributed by atoms with Gasteiger partial charge >= 0.3 is 0 Å². The maximum absolute atomic E-state index is 12.3. The van der Waals surface area contributed by atoms with Crippen LogP contribution in [0.1, 0.15) is 19.8 Å².